The number of furan rings is 1. The highest BCUT2D eigenvalue weighted by atomic mass is 32.2. The molecule has 1 saturated heterocycles. The molecule has 3 heterocycles. The number of sulfonamides is 1. The van der Waals surface area contributed by atoms with Crippen LogP contribution in [0, 0.1) is 0 Å². The summed E-state index contributed by atoms with van der Waals surface area (Å²) in [5, 5.41) is 5.52. The molecule has 1 aliphatic heterocycles. The van der Waals surface area contributed by atoms with E-state index in [1.54, 1.807) is 48.5 Å². The SMILES string of the molecule is O=C(Cc1ccc(S(=O)(=O)N2CCCC2)s1)Nc1ccccc1C(=O)NCc1ccco1. The van der Waals surface area contributed by atoms with Gasteiger partial charge >= 0.3 is 0 Å². The third-order valence-electron chi connectivity index (χ3n) is 5.08. The van der Waals surface area contributed by atoms with E-state index in [0.717, 1.165) is 24.2 Å². The first kappa shape index (κ1) is 22.3. The van der Waals surface area contributed by atoms with Crippen LogP contribution in [0.4, 0.5) is 5.69 Å². The number of anilines is 1. The second kappa shape index (κ2) is 9.68. The minimum absolute atomic E-state index is 0.0164. The summed E-state index contributed by atoms with van der Waals surface area (Å²) in [4.78, 5) is 25.8. The van der Waals surface area contributed by atoms with Crippen LogP contribution in [0.3, 0.4) is 0 Å². The lowest BCUT2D eigenvalue weighted by molar-refractivity contribution is -0.115. The summed E-state index contributed by atoms with van der Waals surface area (Å²) < 4.78 is 32.3. The molecule has 2 amide bonds. The van der Waals surface area contributed by atoms with E-state index in [0.29, 0.717) is 35.0 Å². The first-order chi connectivity index (χ1) is 15.4. The van der Waals surface area contributed by atoms with Gasteiger partial charge in [-0.25, -0.2) is 8.42 Å². The molecule has 1 aliphatic rings. The second-order valence-electron chi connectivity index (χ2n) is 7.36. The Morgan fingerprint density at radius 1 is 1.03 bits per heavy atom. The molecule has 0 aliphatic carbocycles. The van der Waals surface area contributed by atoms with E-state index >= 15 is 0 Å². The minimum Gasteiger partial charge on any atom is -0.467 e. The van der Waals surface area contributed by atoms with Crippen LogP contribution in [0.5, 0.6) is 0 Å². The first-order valence-corrected chi connectivity index (χ1v) is 12.5. The Bertz CT molecular complexity index is 1200. The monoisotopic (exact) mass is 473 g/mol. The average Bonchev–Trinajstić information content (AvgIpc) is 3.55. The average molecular weight is 474 g/mol. The number of carbonyl (C=O) groups is 2. The molecule has 0 radical (unpaired) electrons. The topological polar surface area (TPSA) is 109 Å². The summed E-state index contributed by atoms with van der Waals surface area (Å²) in [6.07, 6.45) is 3.29. The maximum absolute atomic E-state index is 12.7. The molecule has 0 spiro atoms. The van der Waals surface area contributed by atoms with Gasteiger partial charge in [-0.3, -0.25) is 9.59 Å². The third kappa shape index (κ3) is 5.09. The van der Waals surface area contributed by atoms with Gasteiger partial charge in [0.1, 0.15) is 9.97 Å². The highest BCUT2D eigenvalue weighted by Gasteiger charge is 2.28. The van der Waals surface area contributed by atoms with E-state index in [9.17, 15) is 18.0 Å². The van der Waals surface area contributed by atoms with Crippen LogP contribution in [-0.2, 0) is 27.8 Å². The van der Waals surface area contributed by atoms with Crippen LogP contribution in [0.2, 0.25) is 0 Å². The second-order valence-corrected chi connectivity index (χ2v) is 10.7. The van der Waals surface area contributed by atoms with Gasteiger partial charge in [0.25, 0.3) is 15.9 Å². The van der Waals surface area contributed by atoms with E-state index in [1.165, 1.54) is 10.6 Å². The van der Waals surface area contributed by atoms with Crippen LogP contribution in [0.1, 0.15) is 33.8 Å². The zero-order chi connectivity index (χ0) is 22.6. The number of carbonyl (C=O) groups excluding carboxylic acids is 2. The van der Waals surface area contributed by atoms with Crippen molar-refractivity contribution in [3.63, 3.8) is 0 Å². The molecule has 0 atom stereocenters. The first-order valence-electron chi connectivity index (χ1n) is 10.2. The smallest absolute Gasteiger partial charge is 0.253 e. The highest BCUT2D eigenvalue weighted by molar-refractivity contribution is 7.91. The quantitative estimate of drug-likeness (QED) is 0.522. The zero-order valence-electron chi connectivity index (χ0n) is 17.2. The summed E-state index contributed by atoms with van der Waals surface area (Å²) in [6.45, 7) is 1.31. The van der Waals surface area contributed by atoms with Crippen LogP contribution in [0.25, 0.3) is 0 Å². The number of hydrogen-bond acceptors (Lipinski definition) is 6. The van der Waals surface area contributed by atoms with Crippen LogP contribution in [0.15, 0.2) is 63.4 Å². The van der Waals surface area contributed by atoms with Gasteiger partial charge < -0.3 is 15.1 Å². The lowest BCUT2D eigenvalue weighted by Gasteiger charge is -2.13. The molecule has 1 aromatic carbocycles. The van der Waals surface area contributed by atoms with Gasteiger partial charge in [0.05, 0.1) is 30.5 Å². The van der Waals surface area contributed by atoms with E-state index < -0.39 is 10.0 Å². The fourth-order valence-corrected chi connectivity index (χ4v) is 6.49. The lowest BCUT2D eigenvalue weighted by atomic mass is 10.1. The van der Waals surface area contributed by atoms with E-state index in [2.05, 4.69) is 10.6 Å². The van der Waals surface area contributed by atoms with Gasteiger partial charge in [-0.05, 0) is 49.2 Å². The summed E-state index contributed by atoms with van der Waals surface area (Å²) in [7, 11) is -3.50. The molecule has 4 rings (SSSR count). The molecule has 32 heavy (non-hydrogen) atoms. The Hall–Kier alpha value is -2.95. The fourth-order valence-electron chi connectivity index (χ4n) is 3.47. The molecule has 2 aromatic heterocycles. The van der Waals surface area contributed by atoms with Gasteiger partial charge in [-0.1, -0.05) is 12.1 Å². The highest BCUT2D eigenvalue weighted by Crippen LogP contribution is 2.28. The normalized spacial score (nSPS) is 14.4. The zero-order valence-corrected chi connectivity index (χ0v) is 18.9. The number of amides is 2. The lowest BCUT2D eigenvalue weighted by Crippen LogP contribution is -2.27. The number of para-hydroxylation sites is 1. The molecule has 0 bridgehead atoms. The van der Waals surface area contributed by atoms with E-state index in [1.807, 2.05) is 0 Å². The van der Waals surface area contributed by atoms with Crippen LogP contribution in [-0.4, -0.2) is 37.6 Å². The van der Waals surface area contributed by atoms with Crippen molar-refractivity contribution in [3.8, 4) is 0 Å². The predicted octanol–water partition coefficient (Wildman–Crippen LogP) is 3.24. The molecule has 0 unspecified atom stereocenters. The molecule has 1 fully saturated rings. The Kier molecular flexibility index (Phi) is 6.73. The summed E-state index contributed by atoms with van der Waals surface area (Å²) in [5.41, 5.74) is 0.715. The number of nitrogens with one attached hydrogen (secondary N) is 2. The van der Waals surface area contributed by atoms with Gasteiger partial charge in [-0.2, -0.15) is 4.31 Å². The Morgan fingerprint density at radius 3 is 2.56 bits per heavy atom. The van der Waals surface area contributed by atoms with Crippen molar-refractivity contribution in [1.82, 2.24) is 9.62 Å². The molecule has 2 N–H and O–H groups in total. The Balaban J connectivity index is 1.39. The van der Waals surface area contributed by atoms with Crippen molar-refractivity contribution in [2.45, 2.75) is 30.0 Å². The number of thiophene rings is 1. The summed E-state index contributed by atoms with van der Waals surface area (Å²) >= 11 is 1.10. The minimum atomic E-state index is -3.50. The van der Waals surface area contributed by atoms with Crippen molar-refractivity contribution in [2.75, 3.05) is 18.4 Å². The van der Waals surface area contributed by atoms with Gasteiger partial charge in [0.15, 0.2) is 0 Å². The molecular weight excluding hydrogens is 450 g/mol. The van der Waals surface area contributed by atoms with Crippen molar-refractivity contribution in [2.24, 2.45) is 0 Å². The third-order valence-corrected chi connectivity index (χ3v) is 8.53. The molecular formula is C22H23N3O5S2. The molecule has 8 nitrogen and oxygen atoms in total. The van der Waals surface area contributed by atoms with Crippen LogP contribution < -0.4 is 10.6 Å². The molecule has 168 valence electrons. The number of hydrogen-bond donors (Lipinski definition) is 2. The molecule has 0 saturated carbocycles. The van der Waals surface area contributed by atoms with Gasteiger partial charge in [0, 0.05) is 18.0 Å². The number of rotatable bonds is 8. The van der Waals surface area contributed by atoms with E-state index in [-0.39, 0.29) is 29.0 Å². The molecule has 3 aromatic rings. The van der Waals surface area contributed by atoms with Gasteiger partial charge in [0.2, 0.25) is 5.91 Å². The van der Waals surface area contributed by atoms with Crippen molar-refractivity contribution < 1.29 is 22.4 Å². The molecule has 10 heteroatoms. The number of benzene rings is 1. The van der Waals surface area contributed by atoms with E-state index in [4.69, 9.17) is 4.42 Å². The number of nitrogens with zero attached hydrogens (tertiary/aromatic N) is 1. The van der Waals surface area contributed by atoms with Crippen molar-refractivity contribution in [1.29, 1.82) is 0 Å². The fraction of sp³-hybridized carbons (Fsp3) is 0.273. The Labute approximate surface area is 190 Å². The Morgan fingerprint density at radius 2 is 1.81 bits per heavy atom. The van der Waals surface area contributed by atoms with Crippen LogP contribution >= 0.6 is 11.3 Å². The maximum Gasteiger partial charge on any atom is 0.253 e. The summed E-state index contributed by atoms with van der Waals surface area (Å²) in [6, 6.07) is 13.4. The summed E-state index contributed by atoms with van der Waals surface area (Å²) in [5.74, 6) is -0.0482. The van der Waals surface area contributed by atoms with Crippen molar-refractivity contribution >= 4 is 38.9 Å². The predicted molar refractivity (Wildman–Crippen MR) is 121 cm³/mol. The largest absolute Gasteiger partial charge is 0.467 e. The van der Waals surface area contributed by atoms with Gasteiger partial charge in [-0.15, -0.1) is 11.3 Å². The maximum atomic E-state index is 12.7. The van der Waals surface area contributed by atoms with Crippen molar-refractivity contribution in [3.05, 3.63) is 71.0 Å². The standard InChI is InChI=1S/C22H23N3O5S2/c26-20(14-17-9-10-21(31-17)32(28,29)25-11-3-4-12-25)24-19-8-2-1-7-18(19)22(27)23-15-16-6-5-13-30-16/h1-2,5-10,13H,3-4,11-12,14-15H2,(H,23,27)(H,24,26).